The fourth-order valence-corrected chi connectivity index (χ4v) is 3.10. The molecule has 0 spiro atoms. The SMILES string of the molecule is C=C(C)C(=O)OC1(CCO)CC(C)C[C@](C)(O)C1. The lowest BCUT2D eigenvalue weighted by Gasteiger charge is -2.45. The van der Waals surface area contributed by atoms with Gasteiger partial charge in [-0.3, -0.25) is 0 Å². The van der Waals surface area contributed by atoms with E-state index in [2.05, 4.69) is 6.58 Å². The van der Waals surface area contributed by atoms with Gasteiger partial charge in [0, 0.05) is 25.0 Å². The van der Waals surface area contributed by atoms with Crippen LogP contribution in [0.2, 0.25) is 0 Å². The third-order valence-electron chi connectivity index (χ3n) is 3.44. The molecule has 1 aliphatic carbocycles. The minimum atomic E-state index is -0.859. The summed E-state index contributed by atoms with van der Waals surface area (Å²) in [5, 5.41) is 19.5. The molecule has 0 aromatic heterocycles. The Bertz CT molecular complexity index is 335. The molecule has 0 aromatic carbocycles. The summed E-state index contributed by atoms with van der Waals surface area (Å²) >= 11 is 0. The molecule has 0 aromatic rings. The molecule has 0 saturated heterocycles. The summed E-state index contributed by atoms with van der Waals surface area (Å²) in [7, 11) is 0. The van der Waals surface area contributed by atoms with Gasteiger partial charge in [0.15, 0.2) is 0 Å². The van der Waals surface area contributed by atoms with E-state index in [0.717, 1.165) is 0 Å². The highest BCUT2D eigenvalue weighted by Crippen LogP contribution is 2.43. The van der Waals surface area contributed by atoms with E-state index >= 15 is 0 Å². The Morgan fingerprint density at radius 1 is 1.50 bits per heavy atom. The molecule has 3 atom stereocenters. The van der Waals surface area contributed by atoms with Crippen LogP contribution in [0, 0.1) is 5.92 Å². The predicted molar refractivity (Wildman–Crippen MR) is 69.0 cm³/mol. The number of carbonyl (C=O) groups excluding carboxylic acids is 1. The number of aliphatic hydroxyl groups excluding tert-OH is 1. The topological polar surface area (TPSA) is 66.8 Å². The summed E-state index contributed by atoms with van der Waals surface area (Å²) in [4.78, 5) is 11.7. The predicted octanol–water partition coefficient (Wildman–Crippen LogP) is 1.80. The summed E-state index contributed by atoms with van der Waals surface area (Å²) in [6.45, 7) is 8.88. The Morgan fingerprint density at radius 2 is 2.11 bits per heavy atom. The van der Waals surface area contributed by atoms with Crippen LogP contribution in [-0.2, 0) is 9.53 Å². The summed E-state index contributed by atoms with van der Waals surface area (Å²) < 4.78 is 5.53. The van der Waals surface area contributed by atoms with Gasteiger partial charge in [0.25, 0.3) is 0 Å². The van der Waals surface area contributed by atoms with E-state index in [4.69, 9.17) is 4.74 Å². The zero-order valence-electron chi connectivity index (χ0n) is 11.5. The molecule has 1 rings (SSSR count). The van der Waals surface area contributed by atoms with Crippen LogP contribution in [0.1, 0.15) is 46.5 Å². The zero-order chi connectivity index (χ0) is 14.0. The molecule has 2 unspecified atom stereocenters. The molecule has 18 heavy (non-hydrogen) atoms. The van der Waals surface area contributed by atoms with E-state index in [1.54, 1.807) is 13.8 Å². The normalized spacial score (nSPS) is 36.2. The molecule has 1 fully saturated rings. The maximum absolute atomic E-state index is 11.7. The van der Waals surface area contributed by atoms with Gasteiger partial charge in [0.2, 0.25) is 0 Å². The van der Waals surface area contributed by atoms with Crippen molar-refractivity contribution >= 4 is 5.97 Å². The molecule has 2 N–H and O–H groups in total. The number of rotatable bonds is 4. The first kappa shape index (κ1) is 15.2. The van der Waals surface area contributed by atoms with Crippen molar-refractivity contribution in [3.63, 3.8) is 0 Å². The van der Waals surface area contributed by atoms with Crippen molar-refractivity contribution in [1.82, 2.24) is 0 Å². The van der Waals surface area contributed by atoms with E-state index in [1.807, 2.05) is 6.92 Å². The third-order valence-corrected chi connectivity index (χ3v) is 3.44. The Kier molecular flexibility index (Phi) is 4.56. The van der Waals surface area contributed by atoms with E-state index < -0.39 is 17.2 Å². The second-order valence-corrected chi connectivity index (χ2v) is 6.01. The lowest BCUT2D eigenvalue weighted by atomic mass is 9.70. The van der Waals surface area contributed by atoms with Crippen molar-refractivity contribution in [1.29, 1.82) is 0 Å². The van der Waals surface area contributed by atoms with Crippen LogP contribution in [0.15, 0.2) is 12.2 Å². The molecule has 1 saturated carbocycles. The highest BCUT2D eigenvalue weighted by Gasteiger charge is 2.46. The quantitative estimate of drug-likeness (QED) is 0.594. The van der Waals surface area contributed by atoms with Crippen LogP contribution in [0.3, 0.4) is 0 Å². The molecular weight excluding hydrogens is 232 g/mol. The van der Waals surface area contributed by atoms with Crippen molar-refractivity contribution in [3.8, 4) is 0 Å². The molecule has 0 bridgehead atoms. The van der Waals surface area contributed by atoms with Gasteiger partial charge in [0.05, 0.1) is 5.60 Å². The van der Waals surface area contributed by atoms with Gasteiger partial charge in [-0.15, -0.1) is 0 Å². The minimum absolute atomic E-state index is 0.0632. The van der Waals surface area contributed by atoms with Gasteiger partial charge in [-0.1, -0.05) is 13.5 Å². The van der Waals surface area contributed by atoms with Crippen molar-refractivity contribution in [2.45, 2.75) is 57.7 Å². The van der Waals surface area contributed by atoms with Crippen LogP contribution in [0.25, 0.3) is 0 Å². The minimum Gasteiger partial charge on any atom is -0.456 e. The van der Waals surface area contributed by atoms with E-state index in [0.29, 0.717) is 31.3 Å². The van der Waals surface area contributed by atoms with Crippen molar-refractivity contribution in [3.05, 3.63) is 12.2 Å². The average Bonchev–Trinajstić information content (AvgIpc) is 2.13. The standard InChI is InChI=1S/C14H24O4/c1-10(2)12(16)18-14(5-6-15)8-11(3)7-13(4,17)9-14/h11,15,17H,1,5-9H2,2-4H3/t11?,13-,14?/m0/s1. The van der Waals surface area contributed by atoms with Crippen LogP contribution < -0.4 is 0 Å². The van der Waals surface area contributed by atoms with Gasteiger partial charge < -0.3 is 14.9 Å². The fraction of sp³-hybridized carbons (Fsp3) is 0.786. The first-order valence-corrected chi connectivity index (χ1v) is 6.42. The number of esters is 1. The van der Waals surface area contributed by atoms with Crippen LogP contribution in [-0.4, -0.2) is 34.0 Å². The largest absolute Gasteiger partial charge is 0.456 e. The number of hydrogen-bond donors (Lipinski definition) is 2. The van der Waals surface area contributed by atoms with Crippen molar-refractivity contribution < 1.29 is 19.7 Å². The molecule has 1 aliphatic rings. The monoisotopic (exact) mass is 256 g/mol. The van der Waals surface area contributed by atoms with Crippen LogP contribution >= 0.6 is 0 Å². The Hall–Kier alpha value is -0.870. The summed E-state index contributed by atoms with van der Waals surface area (Å²) in [6, 6.07) is 0. The number of hydrogen-bond acceptors (Lipinski definition) is 4. The van der Waals surface area contributed by atoms with Gasteiger partial charge >= 0.3 is 5.97 Å². The van der Waals surface area contributed by atoms with E-state index in [1.165, 1.54) is 0 Å². The highest BCUT2D eigenvalue weighted by atomic mass is 16.6. The maximum atomic E-state index is 11.7. The molecule has 0 amide bonds. The van der Waals surface area contributed by atoms with Gasteiger partial charge in [0.1, 0.15) is 5.60 Å². The molecular formula is C14H24O4. The van der Waals surface area contributed by atoms with Crippen molar-refractivity contribution in [2.75, 3.05) is 6.61 Å². The Balaban J connectivity index is 2.91. The zero-order valence-corrected chi connectivity index (χ0v) is 11.5. The second-order valence-electron chi connectivity index (χ2n) is 6.01. The van der Waals surface area contributed by atoms with Gasteiger partial charge in [-0.2, -0.15) is 0 Å². The lowest BCUT2D eigenvalue weighted by molar-refractivity contribution is -0.175. The smallest absolute Gasteiger partial charge is 0.333 e. The van der Waals surface area contributed by atoms with Crippen LogP contribution in [0.4, 0.5) is 0 Å². The lowest BCUT2D eigenvalue weighted by Crippen LogP contribution is -2.50. The van der Waals surface area contributed by atoms with Gasteiger partial charge in [-0.05, 0) is 32.6 Å². The Labute approximate surface area is 109 Å². The van der Waals surface area contributed by atoms with Gasteiger partial charge in [-0.25, -0.2) is 4.79 Å². The maximum Gasteiger partial charge on any atom is 0.333 e. The third kappa shape index (κ3) is 3.82. The molecule has 0 radical (unpaired) electrons. The summed E-state index contributed by atoms with van der Waals surface area (Å²) in [5.74, 6) is -0.202. The number of aliphatic hydroxyl groups is 2. The summed E-state index contributed by atoms with van der Waals surface area (Å²) in [5.41, 5.74) is -1.29. The highest BCUT2D eigenvalue weighted by molar-refractivity contribution is 5.87. The van der Waals surface area contributed by atoms with E-state index in [9.17, 15) is 15.0 Å². The molecule has 0 heterocycles. The van der Waals surface area contributed by atoms with Crippen LogP contribution in [0.5, 0.6) is 0 Å². The van der Waals surface area contributed by atoms with E-state index in [-0.39, 0.29) is 12.5 Å². The Morgan fingerprint density at radius 3 is 2.56 bits per heavy atom. The molecule has 4 heteroatoms. The second kappa shape index (κ2) is 5.41. The molecule has 104 valence electrons. The first-order valence-electron chi connectivity index (χ1n) is 6.42. The molecule has 0 aliphatic heterocycles. The fourth-order valence-electron chi connectivity index (χ4n) is 3.10. The molecule has 4 nitrogen and oxygen atoms in total. The number of ether oxygens (including phenoxy) is 1. The number of carbonyl (C=O) groups is 1. The van der Waals surface area contributed by atoms with Crippen molar-refractivity contribution in [2.24, 2.45) is 5.92 Å². The first-order chi connectivity index (χ1) is 8.20. The average molecular weight is 256 g/mol. The summed E-state index contributed by atoms with van der Waals surface area (Å²) in [6.07, 6.45) is 2.07.